The first kappa shape index (κ1) is 28.2. The molecule has 0 saturated carbocycles. The summed E-state index contributed by atoms with van der Waals surface area (Å²) < 4.78 is 53.2. The molecule has 2 aromatic rings. The molecular weight excluding hydrogens is 476 g/mol. The molecule has 0 aliphatic carbocycles. The Bertz CT molecular complexity index is 1110. The predicted octanol–water partition coefficient (Wildman–Crippen LogP) is 3.70. The minimum Gasteiger partial charge on any atom is -0.354 e. The number of nitrogens with one attached hydrogen (secondary N) is 1. The first-order valence-corrected chi connectivity index (χ1v) is 13.3. The Morgan fingerprint density at radius 3 is 2.20 bits per heavy atom. The lowest BCUT2D eigenvalue weighted by molar-refractivity contribution is -0.140. The largest absolute Gasteiger partial charge is 0.354 e. The molecular formula is C25H33F2N3O4S. The van der Waals surface area contributed by atoms with Crippen molar-refractivity contribution in [3.05, 3.63) is 65.7 Å². The number of sulfonamides is 1. The second-order valence-corrected chi connectivity index (χ2v) is 10.7. The van der Waals surface area contributed by atoms with E-state index in [0.29, 0.717) is 6.54 Å². The van der Waals surface area contributed by atoms with Crippen LogP contribution in [0, 0.1) is 17.6 Å². The van der Waals surface area contributed by atoms with E-state index in [9.17, 15) is 26.8 Å². The third-order valence-corrected chi connectivity index (χ3v) is 6.61. The van der Waals surface area contributed by atoms with Crippen LogP contribution >= 0.6 is 0 Å². The summed E-state index contributed by atoms with van der Waals surface area (Å²) in [4.78, 5) is 27.1. The fraction of sp³-hybridized carbons (Fsp3) is 0.440. The highest BCUT2D eigenvalue weighted by molar-refractivity contribution is 7.92. The zero-order valence-electron chi connectivity index (χ0n) is 20.5. The molecule has 2 aromatic carbocycles. The second-order valence-electron chi connectivity index (χ2n) is 8.84. The molecule has 1 atom stereocenters. The van der Waals surface area contributed by atoms with E-state index >= 15 is 0 Å². The Labute approximate surface area is 206 Å². The van der Waals surface area contributed by atoms with Crippen molar-refractivity contribution in [2.45, 2.75) is 46.2 Å². The van der Waals surface area contributed by atoms with E-state index < -0.39 is 33.6 Å². The van der Waals surface area contributed by atoms with Crippen LogP contribution in [0.4, 0.5) is 14.5 Å². The summed E-state index contributed by atoms with van der Waals surface area (Å²) in [7, 11) is -3.68. The van der Waals surface area contributed by atoms with Crippen LogP contribution < -0.4 is 9.62 Å². The quantitative estimate of drug-likeness (QED) is 0.473. The van der Waals surface area contributed by atoms with Crippen molar-refractivity contribution in [2.75, 3.05) is 23.7 Å². The maximum Gasteiger partial charge on any atom is 0.242 e. The van der Waals surface area contributed by atoms with E-state index in [0.717, 1.165) is 22.7 Å². The van der Waals surface area contributed by atoms with Gasteiger partial charge in [-0.3, -0.25) is 13.9 Å². The molecule has 192 valence electrons. The zero-order chi connectivity index (χ0) is 26.2. The first-order chi connectivity index (χ1) is 16.4. The summed E-state index contributed by atoms with van der Waals surface area (Å²) in [6.07, 6.45) is 1.12. The lowest BCUT2D eigenvalue weighted by atomic mass is 10.1. The van der Waals surface area contributed by atoms with Gasteiger partial charge in [-0.1, -0.05) is 32.0 Å². The number of carbonyl (C=O) groups excluding carboxylic acids is 2. The van der Waals surface area contributed by atoms with E-state index in [1.807, 2.05) is 13.8 Å². The number of halogens is 2. The molecule has 0 bridgehead atoms. The smallest absolute Gasteiger partial charge is 0.242 e. The van der Waals surface area contributed by atoms with Gasteiger partial charge >= 0.3 is 0 Å². The molecule has 35 heavy (non-hydrogen) atoms. The van der Waals surface area contributed by atoms with E-state index in [-0.39, 0.29) is 49.0 Å². The second kappa shape index (κ2) is 12.6. The van der Waals surface area contributed by atoms with Gasteiger partial charge in [-0.25, -0.2) is 17.2 Å². The van der Waals surface area contributed by atoms with Gasteiger partial charge < -0.3 is 10.2 Å². The van der Waals surface area contributed by atoms with Crippen molar-refractivity contribution in [1.82, 2.24) is 10.2 Å². The van der Waals surface area contributed by atoms with E-state index in [2.05, 4.69) is 5.32 Å². The summed E-state index contributed by atoms with van der Waals surface area (Å²) in [5.41, 5.74) is 0.555. The summed E-state index contributed by atoms with van der Waals surface area (Å²) in [5.74, 6) is -1.53. The van der Waals surface area contributed by atoms with Crippen molar-refractivity contribution < 1.29 is 26.8 Å². The lowest BCUT2D eigenvalue weighted by Gasteiger charge is -2.29. The van der Waals surface area contributed by atoms with Gasteiger partial charge in [0.25, 0.3) is 0 Å². The number of nitrogens with zero attached hydrogens (tertiary/aromatic N) is 2. The fourth-order valence-corrected chi connectivity index (χ4v) is 4.42. The highest BCUT2D eigenvalue weighted by Crippen LogP contribution is 2.20. The number of hydrogen-bond donors (Lipinski definition) is 1. The molecule has 0 fully saturated rings. The molecule has 2 amide bonds. The molecule has 0 unspecified atom stereocenters. The summed E-state index contributed by atoms with van der Waals surface area (Å²) in [5, 5.41) is 2.79. The van der Waals surface area contributed by atoms with Crippen molar-refractivity contribution in [3.8, 4) is 0 Å². The maximum atomic E-state index is 14.3. The minimum absolute atomic E-state index is 0.0162. The fourth-order valence-electron chi connectivity index (χ4n) is 3.46. The molecule has 0 aliphatic rings. The predicted molar refractivity (Wildman–Crippen MR) is 132 cm³/mol. The van der Waals surface area contributed by atoms with Crippen LogP contribution in [0.3, 0.4) is 0 Å². The molecule has 10 heteroatoms. The highest BCUT2D eigenvalue weighted by Gasteiger charge is 2.27. The van der Waals surface area contributed by atoms with E-state index in [1.54, 1.807) is 25.1 Å². The molecule has 2 rings (SSSR count). The standard InChI is InChI=1S/C25H33F2N3O4S/c1-18(2)16-28-25(32)19(3)29(17-20-8-5-6-9-23(20)27)24(31)10-7-15-30(35(4,33)34)22-13-11-21(26)12-14-22/h5-6,8-9,11-14,18-19H,7,10,15-17H2,1-4H3,(H,28,32)/t19-/m0/s1. The van der Waals surface area contributed by atoms with Crippen molar-refractivity contribution in [3.63, 3.8) is 0 Å². The normalized spacial score (nSPS) is 12.3. The molecule has 0 radical (unpaired) electrons. The van der Waals surface area contributed by atoms with E-state index in [1.165, 1.54) is 23.1 Å². The van der Waals surface area contributed by atoms with Gasteiger partial charge in [-0.05, 0) is 49.6 Å². The monoisotopic (exact) mass is 509 g/mol. The maximum absolute atomic E-state index is 14.3. The summed E-state index contributed by atoms with van der Waals surface area (Å²) >= 11 is 0. The van der Waals surface area contributed by atoms with Crippen LogP contribution in [0.2, 0.25) is 0 Å². The van der Waals surface area contributed by atoms with E-state index in [4.69, 9.17) is 0 Å². The Balaban J connectivity index is 2.16. The molecule has 0 aromatic heterocycles. The molecule has 0 aliphatic heterocycles. The van der Waals surface area contributed by atoms with Gasteiger partial charge in [0.15, 0.2) is 0 Å². The van der Waals surface area contributed by atoms with Crippen LogP contribution in [0.5, 0.6) is 0 Å². The molecule has 0 heterocycles. The van der Waals surface area contributed by atoms with Gasteiger partial charge in [0.2, 0.25) is 21.8 Å². The van der Waals surface area contributed by atoms with Gasteiger partial charge in [-0.2, -0.15) is 0 Å². The van der Waals surface area contributed by atoms with Crippen LogP contribution in [0.1, 0.15) is 39.2 Å². The number of carbonyl (C=O) groups is 2. The van der Waals surface area contributed by atoms with Crippen LogP contribution in [-0.4, -0.2) is 50.5 Å². The highest BCUT2D eigenvalue weighted by atomic mass is 32.2. The topological polar surface area (TPSA) is 86.8 Å². The van der Waals surface area contributed by atoms with Gasteiger partial charge in [0, 0.05) is 31.6 Å². The Hall–Kier alpha value is -3.01. The van der Waals surface area contributed by atoms with Gasteiger partial charge in [-0.15, -0.1) is 0 Å². The summed E-state index contributed by atoms with van der Waals surface area (Å²) in [6, 6.07) is 10.2. The number of anilines is 1. The van der Waals surface area contributed by atoms with Gasteiger partial charge in [0.1, 0.15) is 17.7 Å². The van der Waals surface area contributed by atoms with Crippen LogP contribution in [-0.2, 0) is 26.2 Å². The van der Waals surface area contributed by atoms with Gasteiger partial charge in [0.05, 0.1) is 11.9 Å². The average Bonchev–Trinajstić information content (AvgIpc) is 2.79. The average molecular weight is 510 g/mol. The SMILES string of the molecule is CC(C)CNC(=O)[C@H](C)N(Cc1ccccc1F)C(=O)CCCN(c1ccc(F)cc1)S(C)(=O)=O. The first-order valence-electron chi connectivity index (χ1n) is 11.4. The van der Waals surface area contributed by atoms with Crippen LogP contribution in [0.15, 0.2) is 48.5 Å². The number of hydrogen-bond acceptors (Lipinski definition) is 4. The minimum atomic E-state index is -3.68. The van der Waals surface area contributed by atoms with Crippen molar-refractivity contribution in [2.24, 2.45) is 5.92 Å². The number of benzene rings is 2. The Morgan fingerprint density at radius 2 is 1.63 bits per heavy atom. The number of amides is 2. The molecule has 7 nitrogen and oxygen atoms in total. The molecule has 0 spiro atoms. The zero-order valence-corrected chi connectivity index (χ0v) is 21.3. The lowest BCUT2D eigenvalue weighted by Crippen LogP contribution is -2.48. The summed E-state index contributed by atoms with van der Waals surface area (Å²) in [6.45, 7) is 5.79. The van der Waals surface area contributed by atoms with Crippen molar-refractivity contribution >= 4 is 27.5 Å². The Kier molecular flexibility index (Phi) is 10.2. The van der Waals surface area contributed by atoms with Crippen molar-refractivity contribution in [1.29, 1.82) is 0 Å². The van der Waals surface area contributed by atoms with Crippen LogP contribution in [0.25, 0.3) is 0 Å². The molecule has 1 N–H and O–H groups in total. The number of rotatable bonds is 12. The third kappa shape index (κ3) is 8.61. The third-order valence-electron chi connectivity index (χ3n) is 5.42. The Morgan fingerprint density at radius 1 is 1.00 bits per heavy atom. The molecule has 0 saturated heterocycles.